The Morgan fingerprint density at radius 3 is 2.37 bits per heavy atom. The van der Waals surface area contributed by atoms with Crippen LogP contribution < -0.4 is 0 Å². The van der Waals surface area contributed by atoms with E-state index in [1.165, 1.54) is 0 Å². The Balaban J connectivity index is 2.75. The highest BCUT2D eigenvalue weighted by Crippen LogP contribution is 2.34. The van der Waals surface area contributed by atoms with Gasteiger partial charge in [-0.2, -0.15) is 0 Å². The molecule has 7 heteroatoms. The van der Waals surface area contributed by atoms with Gasteiger partial charge in [0, 0.05) is 19.5 Å². The van der Waals surface area contributed by atoms with Crippen LogP contribution in [0.15, 0.2) is 0 Å². The standard InChI is InChI=1S/C12H19F2NO4/c1-11(2,3)19-10(17)15-6-5-12(13,14)8(7-15)9(16)18-4/h8H,5-7H2,1-4H3. The van der Waals surface area contributed by atoms with Crippen LogP contribution in [0.4, 0.5) is 13.6 Å². The molecule has 0 aliphatic carbocycles. The number of piperidine rings is 1. The number of carbonyl (C=O) groups is 2. The molecule has 1 aliphatic heterocycles. The van der Waals surface area contributed by atoms with Gasteiger partial charge in [0.2, 0.25) is 0 Å². The fourth-order valence-electron chi connectivity index (χ4n) is 1.79. The molecule has 1 atom stereocenters. The van der Waals surface area contributed by atoms with E-state index in [0.717, 1.165) is 12.0 Å². The molecule has 1 unspecified atom stereocenters. The van der Waals surface area contributed by atoms with Crippen LogP contribution in [0.3, 0.4) is 0 Å². The van der Waals surface area contributed by atoms with Crippen molar-refractivity contribution in [1.29, 1.82) is 0 Å². The van der Waals surface area contributed by atoms with Crippen molar-refractivity contribution in [3.8, 4) is 0 Å². The number of carbonyl (C=O) groups excluding carboxylic acids is 2. The molecule has 1 heterocycles. The average molecular weight is 279 g/mol. The summed E-state index contributed by atoms with van der Waals surface area (Å²) in [4.78, 5) is 24.3. The molecule has 1 rings (SSSR count). The second-order valence-electron chi connectivity index (χ2n) is 5.51. The largest absolute Gasteiger partial charge is 0.469 e. The van der Waals surface area contributed by atoms with Crippen molar-refractivity contribution in [1.82, 2.24) is 4.90 Å². The van der Waals surface area contributed by atoms with Gasteiger partial charge in [-0.15, -0.1) is 0 Å². The minimum absolute atomic E-state index is 0.143. The Labute approximate surface area is 110 Å². The summed E-state index contributed by atoms with van der Waals surface area (Å²) < 4.78 is 36.7. The highest BCUT2D eigenvalue weighted by Gasteiger charge is 2.50. The maximum Gasteiger partial charge on any atom is 0.410 e. The van der Waals surface area contributed by atoms with Crippen LogP contribution >= 0.6 is 0 Å². The van der Waals surface area contributed by atoms with Crippen LogP contribution in [-0.4, -0.2) is 48.7 Å². The number of rotatable bonds is 1. The third kappa shape index (κ3) is 4.04. The minimum atomic E-state index is -3.16. The van der Waals surface area contributed by atoms with Gasteiger partial charge in [-0.3, -0.25) is 4.79 Å². The summed E-state index contributed by atoms with van der Waals surface area (Å²) in [6.45, 7) is 4.51. The molecule has 0 saturated carbocycles. The zero-order valence-corrected chi connectivity index (χ0v) is 11.5. The fourth-order valence-corrected chi connectivity index (χ4v) is 1.79. The molecule has 110 valence electrons. The van der Waals surface area contributed by atoms with Gasteiger partial charge in [0.05, 0.1) is 7.11 Å². The summed E-state index contributed by atoms with van der Waals surface area (Å²) in [5.41, 5.74) is -0.711. The van der Waals surface area contributed by atoms with Gasteiger partial charge in [-0.05, 0) is 20.8 Å². The molecule has 0 bridgehead atoms. The second kappa shape index (κ2) is 5.30. The molecule has 0 aromatic heterocycles. The lowest BCUT2D eigenvalue weighted by Gasteiger charge is -2.37. The van der Waals surface area contributed by atoms with Crippen molar-refractivity contribution in [3.05, 3.63) is 0 Å². The molecule has 1 saturated heterocycles. The van der Waals surface area contributed by atoms with Crippen LogP contribution in [0, 0.1) is 5.92 Å². The van der Waals surface area contributed by atoms with Crippen molar-refractivity contribution in [2.45, 2.75) is 38.7 Å². The summed E-state index contributed by atoms with van der Waals surface area (Å²) in [6, 6.07) is 0. The van der Waals surface area contributed by atoms with Gasteiger partial charge in [0.1, 0.15) is 11.5 Å². The van der Waals surface area contributed by atoms with E-state index in [9.17, 15) is 18.4 Å². The predicted molar refractivity (Wildman–Crippen MR) is 62.9 cm³/mol. The number of esters is 1. The zero-order valence-electron chi connectivity index (χ0n) is 11.5. The lowest BCUT2D eigenvalue weighted by molar-refractivity contribution is -0.168. The number of amides is 1. The maximum atomic E-state index is 13.6. The number of nitrogens with zero attached hydrogens (tertiary/aromatic N) is 1. The minimum Gasteiger partial charge on any atom is -0.469 e. The smallest absolute Gasteiger partial charge is 0.410 e. The topological polar surface area (TPSA) is 55.8 Å². The molecular formula is C12H19F2NO4. The summed E-state index contributed by atoms with van der Waals surface area (Å²) in [5.74, 6) is -5.82. The van der Waals surface area contributed by atoms with Crippen LogP contribution in [0.25, 0.3) is 0 Å². The number of hydrogen-bond donors (Lipinski definition) is 0. The molecule has 5 nitrogen and oxygen atoms in total. The number of alkyl halides is 2. The van der Waals surface area contributed by atoms with E-state index < -0.39 is 42.5 Å². The Morgan fingerprint density at radius 1 is 1.32 bits per heavy atom. The van der Waals surface area contributed by atoms with Crippen molar-refractivity contribution < 1.29 is 27.8 Å². The van der Waals surface area contributed by atoms with Gasteiger partial charge in [-0.25, -0.2) is 13.6 Å². The third-order valence-corrected chi connectivity index (χ3v) is 2.77. The second-order valence-corrected chi connectivity index (χ2v) is 5.51. The monoisotopic (exact) mass is 279 g/mol. The number of likely N-dealkylation sites (tertiary alicyclic amines) is 1. The molecular weight excluding hydrogens is 260 g/mol. The van der Waals surface area contributed by atoms with E-state index in [1.807, 2.05) is 0 Å². The number of halogens is 2. The van der Waals surface area contributed by atoms with Gasteiger partial charge < -0.3 is 14.4 Å². The lowest BCUT2D eigenvalue weighted by Crippen LogP contribution is -2.53. The van der Waals surface area contributed by atoms with E-state index in [2.05, 4.69) is 4.74 Å². The van der Waals surface area contributed by atoms with E-state index in [4.69, 9.17) is 4.74 Å². The van der Waals surface area contributed by atoms with Gasteiger partial charge in [-0.1, -0.05) is 0 Å². The highest BCUT2D eigenvalue weighted by molar-refractivity contribution is 5.76. The van der Waals surface area contributed by atoms with Crippen molar-refractivity contribution in [3.63, 3.8) is 0 Å². The summed E-state index contributed by atoms with van der Waals surface area (Å²) in [7, 11) is 1.05. The first kappa shape index (κ1) is 15.7. The Hall–Kier alpha value is -1.40. The van der Waals surface area contributed by atoms with Crippen LogP contribution in [0.2, 0.25) is 0 Å². The SMILES string of the molecule is COC(=O)C1CN(C(=O)OC(C)(C)C)CCC1(F)F. The van der Waals surface area contributed by atoms with Crippen molar-refractivity contribution >= 4 is 12.1 Å². The van der Waals surface area contributed by atoms with Gasteiger partial charge in [0.25, 0.3) is 5.92 Å². The van der Waals surface area contributed by atoms with Crippen LogP contribution in [0.5, 0.6) is 0 Å². The molecule has 0 aromatic rings. The molecule has 0 N–H and O–H groups in total. The number of ether oxygens (including phenoxy) is 2. The first-order valence-corrected chi connectivity index (χ1v) is 6.00. The Kier molecular flexibility index (Phi) is 4.37. The number of methoxy groups -OCH3 is 1. The van der Waals surface area contributed by atoms with Crippen LogP contribution in [-0.2, 0) is 14.3 Å². The van der Waals surface area contributed by atoms with E-state index in [1.54, 1.807) is 20.8 Å². The normalized spacial score (nSPS) is 22.8. The van der Waals surface area contributed by atoms with E-state index in [-0.39, 0.29) is 6.54 Å². The quantitative estimate of drug-likeness (QED) is 0.689. The highest BCUT2D eigenvalue weighted by atomic mass is 19.3. The number of hydrogen-bond acceptors (Lipinski definition) is 4. The van der Waals surface area contributed by atoms with Crippen molar-refractivity contribution in [2.75, 3.05) is 20.2 Å². The first-order valence-electron chi connectivity index (χ1n) is 6.00. The molecule has 0 spiro atoms. The summed E-state index contributed by atoms with van der Waals surface area (Å²) in [6.07, 6.45) is -1.27. The third-order valence-electron chi connectivity index (χ3n) is 2.77. The molecule has 0 radical (unpaired) electrons. The van der Waals surface area contributed by atoms with Gasteiger partial charge in [0.15, 0.2) is 0 Å². The Bertz CT molecular complexity index is 365. The summed E-state index contributed by atoms with van der Waals surface area (Å²) >= 11 is 0. The lowest BCUT2D eigenvalue weighted by atomic mass is 9.94. The molecule has 0 aromatic carbocycles. The molecule has 1 amide bonds. The maximum absolute atomic E-state index is 13.6. The van der Waals surface area contributed by atoms with Crippen LogP contribution in [0.1, 0.15) is 27.2 Å². The zero-order chi connectivity index (χ0) is 14.8. The summed E-state index contributed by atoms with van der Waals surface area (Å²) in [5, 5.41) is 0. The van der Waals surface area contributed by atoms with Crippen molar-refractivity contribution in [2.24, 2.45) is 5.92 Å². The Morgan fingerprint density at radius 2 is 1.89 bits per heavy atom. The van der Waals surface area contributed by atoms with E-state index in [0.29, 0.717) is 0 Å². The van der Waals surface area contributed by atoms with E-state index >= 15 is 0 Å². The average Bonchev–Trinajstić information content (AvgIpc) is 2.25. The molecule has 1 fully saturated rings. The fraction of sp³-hybridized carbons (Fsp3) is 0.833. The first-order chi connectivity index (χ1) is 8.57. The molecule has 19 heavy (non-hydrogen) atoms. The van der Waals surface area contributed by atoms with Gasteiger partial charge >= 0.3 is 12.1 Å². The predicted octanol–water partition coefficient (Wildman–Crippen LogP) is 2.05. The molecule has 1 aliphatic rings.